The Morgan fingerprint density at radius 2 is 2.13 bits per heavy atom. The summed E-state index contributed by atoms with van der Waals surface area (Å²) in [4.78, 5) is 2.56. The Balaban J connectivity index is 1.77. The molecule has 0 spiro atoms. The van der Waals surface area contributed by atoms with E-state index in [1.807, 2.05) is 0 Å². The predicted octanol–water partition coefficient (Wildman–Crippen LogP) is 2.25. The number of hydrogen-bond donors (Lipinski definition) is 1. The predicted molar refractivity (Wildman–Crippen MR) is 65.1 cm³/mol. The molecule has 2 fully saturated rings. The molecule has 15 heavy (non-hydrogen) atoms. The molecule has 2 rings (SSSR count). The molecule has 1 saturated heterocycles. The van der Waals surface area contributed by atoms with E-state index in [0.29, 0.717) is 5.54 Å². The van der Waals surface area contributed by atoms with Gasteiger partial charge in [-0.15, -0.1) is 0 Å². The minimum atomic E-state index is 0.443. The van der Waals surface area contributed by atoms with E-state index in [-0.39, 0.29) is 0 Å². The molecule has 1 unspecified atom stereocenters. The first-order chi connectivity index (χ1) is 7.24. The first kappa shape index (κ1) is 11.4. The average molecular weight is 210 g/mol. The van der Waals surface area contributed by atoms with Crippen molar-refractivity contribution in [3.05, 3.63) is 0 Å². The van der Waals surface area contributed by atoms with Crippen LogP contribution in [0.15, 0.2) is 0 Å². The quantitative estimate of drug-likeness (QED) is 0.749. The lowest BCUT2D eigenvalue weighted by atomic mass is 9.84. The first-order valence-corrected chi connectivity index (χ1v) is 6.68. The minimum absolute atomic E-state index is 0.443. The summed E-state index contributed by atoms with van der Waals surface area (Å²) in [5, 5.41) is 3.72. The van der Waals surface area contributed by atoms with Crippen molar-refractivity contribution in [3.8, 4) is 0 Å². The van der Waals surface area contributed by atoms with Crippen molar-refractivity contribution >= 4 is 0 Å². The highest BCUT2D eigenvalue weighted by Crippen LogP contribution is 2.28. The maximum Gasteiger partial charge on any atom is 0.0306 e. The van der Waals surface area contributed by atoms with Gasteiger partial charge >= 0.3 is 0 Å². The Kier molecular flexibility index (Phi) is 3.68. The number of nitrogens with one attached hydrogen (secondary N) is 1. The Bertz CT molecular complexity index is 193. The van der Waals surface area contributed by atoms with E-state index in [2.05, 4.69) is 24.2 Å². The van der Waals surface area contributed by atoms with Gasteiger partial charge in [-0.2, -0.15) is 0 Å². The van der Waals surface area contributed by atoms with Gasteiger partial charge in [0.25, 0.3) is 0 Å². The molecule has 2 nitrogen and oxygen atoms in total. The van der Waals surface area contributed by atoms with Crippen LogP contribution in [-0.2, 0) is 0 Å². The average Bonchev–Trinajstić information content (AvgIpc) is 2.61. The summed E-state index contributed by atoms with van der Waals surface area (Å²) < 4.78 is 0. The van der Waals surface area contributed by atoms with Gasteiger partial charge in [-0.1, -0.05) is 13.3 Å². The summed E-state index contributed by atoms with van der Waals surface area (Å²) in [6, 6.07) is 0. The lowest BCUT2D eigenvalue weighted by Crippen LogP contribution is -2.49. The molecule has 0 bridgehead atoms. The standard InChI is InChI=1S/C13H26N2/c1-3-13(8-5-9-14-13)11-15(2)10-12-6-4-7-12/h12,14H,3-11H2,1-2H3. The van der Waals surface area contributed by atoms with Gasteiger partial charge in [0, 0.05) is 18.6 Å². The van der Waals surface area contributed by atoms with Crippen LogP contribution in [0, 0.1) is 5.92 Å². The van der Waals surface area contributed by atoms with E-state index in [4.69, 9.17) is 0 Å². The van der Waals surface area contributed by atoms with Crippen molar-refractivity contribution < 1.29 is 0 Å². The number of hydrogen-bond acceptors (Lipinski definition) is 2. The Morgan fingerprint density at radius 3 is 2.60 bits per heavy atom. The molecule has 0 aromatic heterocycles. The van der Waals surface area contributed by atoms with Crippen LogP contribution in [-0.4, -0.2) is 37.1 Å². The van der Waals surface area contributed by atoms with Crippen molar-refractivity contribution in [3.63, 3.8) is 0 Å². The molecule has 1 aliphatic carbocycles. The molecule has 1 saturated carbocycles. The second-order valence-corrected chi connectivity index (χ2v) is 5.66. The van der Waals surface area contributed by atoms with Crippen molar-refractivity contribution in [2.75, 3.05) is 26.7 Å². The van der Waals surface area contributed by atoms with Crippen LogP contribution in [0.3, 0.4) is 0 Å². The van der Waals surface area contributed by atoms with Crippen LogP contribution >= 0.6 is 0 Å². The fraction of sp³-hybridized carbons (Fsp3) is 1.00. The molecule has 88 valence electrons. The number of likely N-dealkylation sites (N-methyl/N-ethyl adjacent to an activating group) is 1. The van der Waals surface area contributed by atoms with Gasteiger partial charge in [0.2, 0.25) is 0 Å². The molecule has 1 N–H and O–H groups in total. The van der Waals surface area contributed by atoms with Crippen molar-refractivity contribution in [2.24, 2.45) is 5.92 Å². The highest BCUT2D eigenvalue weighted by molar-refractivity contribution is 4.94. The van der Waals surface area contributed by atoms with Gasteiger partial charge in [0.1, 0.15) is 0 Å². The summed E-state index contributed by atoms with van der Waals surface area (Å²) in [6.07, 6.45) is 8.43. The van der Waals surface area contributed by atoms with E-state index in [0.717, 1.165) is 5.92 Å². The molecular weight excluding hydrogens is 184 g/mol. The Labute approximate surface area is 94.4 Å². The maximum atomic E-state index is 3.72. The van der Waals surface area contributed by atoms with Crippen molar-refractivity contribution in [1.29, 1.82) is 0 Å². The second-order valence-electron chi connectivity index (χ2n) is 5.66. The summed E-state index contributed by atoms with van der Waals surface area (Å²) in [5.41, 5.74) is 0.443. The SMILES string of the molecule is CCC1(CN(C)CC2CCC2)CCCN1. The third-order valence-corrected chi connectivity index (χ3v) is 4.38. The molecule has 1 aliphatic heterocycles. The van der Waals surface area contributed by atoms with E-state index in [1.54, 1.807) is 0 Å². The normalized spacial score (nSPS) is 32.2. The maximum absolute atomic E-state index is 3.72. The molecule has 2 heteroatoms. The molecule has 2 aliphatic rings. The topological polar surface area (TPSA) is 15.3 Å². The molecule has 0 radical (unpaired) electrons. The minimum Gasteiger partial charge on any atom is -0.310 e. The summed E-state index contributed by atoms with van der Waals surface area (Å²) in [7, 11) is 2.30. The molecule has 0 aromatic carbocycles. The van der Waals surface area contributed by atoms with Crippen LogP contribution in [0.1, 0.15) is 45.4 Å². The van der Waals surface area contributed by atoms with Crippen LogP contribution in [0.25, 0.3) is 0 Å². The molecule has 0 aromatic rings. The van der Waals surface area contributed by atoms with Gasteiger partial charge in [-0.05, 0) is 51.6 Å². The van der Waals surface area contributed by atoms with E-state index in [1.165, 1.54) is 58.2 Å². The monoisotopic (exact) mass is 210 g/mol. The first-order valence-electron chi connectivity index (χ1n) is 6.68. The van der Waals surface area contributed by atoms with E-state index >= 15 is 0 Å². The summed E-state index contributed by atoms with van der Waals surface area (Å²) >= 11 is 0. The zero-order chi connectivity index (χ0) is 10.7. The van der Waals surface area contributed by atoms with Crippen LogP contribution in [0.4, 0.5) is 0 Å². The van der Waals surface area contributed by atoms with E-state index in [9.17, 15) is 0 Å². The van der Waals surface area contributed by atoms with Crippen LogP contribution in [0.5, 0.6) is 0 Å². The van der Waals surface area contributed by atoms with Gasteiger partial charge < -0.3 is 10.2 Å². The fourth-order valence-corrected chi connectivity index (χ4v) is 3.11. The van der Waals surface area contributed by atoms with Gasteiger partial charge in [-0.25, -0.2) is 0 Å². The summed E-state index contributed by atoms with van der Waals surface area (Å²) in [6.45, 7) is 6.13. The molecule has 1 atom stereocenters. The fourth-order valence-electron chi connectivity index (χ4n) is 3.11. The molecular formula is C13H26N2. The third kappa shape index (κ3) is 2.73. The van der Waals surface area contributed by atoms with Crippen LogP contribution in [0.2, 0.25) is 0 Å². The van der Waals surface area contributed by atoms with Gasteiger partial charge in [0.05, 0.1) is 0 Å². The molecule has 0 amide bonds. The van der Waals surface area contributed by atoms with E-state index < -0.39 is 0 Å². The zero-order valence-corrected chi connectivity index (χ0v) is 10.4. The largest absolute Gasteiger partial charge is 0.310 e. The molecule has 1 heterocycles. The highest BCUT2D eigenvalue weighted by atomic mass is 15.2. The Hall–Kier alpha value is -0.0800. The number of rotatable bonds is 5. The lowest BCUT2D eigenvalue weighted by Gasteiger charge is -2.36. The summed E-state index contributed by atoms with van der Waals surface area (Å²) in [5.74, 6) is 1.00. The number of nitrogens with zero attached hydrogens (tertiary/aromatic N) is 1. The second kappa shape index (κ2) is 4.84. The zero-order valence-electron chi connectivity index (χ0n) is 10.4. The van der Waals surface area contributed by atoms with Crippen LogP contribution < -0.4 is 5.32 Å². The van der Waals surface area contributed by atoms with Crippen molar-refractivity contribution in [2.45, 2.75) is 51.0 Å². The third-order valence-electron chi connectivity index (χ3n) is 4.38. The van der Waals surface area contributed by atoms with Gasteiger partial charge in [-0.3, -0.25) is 0 Å². The van der Waals surface area contributed by atoms with Crippen molar-refractivity contribution in [1.82, 2.24) is 10.2 Å². The Morgan fingerprint density at radius 1 is 1.33 bits per heavy atom. The van der Waals surface area contributed by atoms with Gasteiger partial charge in [0.15, 0.2) is 0 Å². The smallest absolute Gasteiger partial charge is 0.0306 e. The lowest BCUT2D eigenvalue weighted by molar-refractivity contribution is 0.161. The highest BCUT2D eigenvalue weighted by Gasteiger charge is 2.33.